The van der Waals surface area contributed by atoms with Crippen LogP contribution in [0.2, 0.25) is 0 Å². The summed E-state index contributed by atoms with van der Waals surface area (Å²) in [5.41, 5.74) is 2.75. The van der Waals surface area contributed by atoms with Gasteiger partial charge in [0.25, 0.3) is 5.91 Å². The summed E-state index contributed by atoms with van der Waals surface area (Å²) in [6, 6.07) is 19.0. The van der Waals surface area contributed by atoms with E-state index in [1.54, 1.807) is 30.2 Å². The van der Waals surface area contributed by atoms with Crippen molar-refractivity contribution in [3.63, 3.8) is 0 Å². The first-order valence-electron chi connectivity index (χ1n) is 18.9. The molecule has 4 aliphatic rings. The van der Waals surface area contributed by atoms with E-state index in [1.807, 2.05) is 63.2 Å². The van der Waals surface area contributed by atoms with Gasteiger partial charge in [0.1, 0.15) is 23.8 Å². The van der Waals surface area contributed by atoms with Crippen molar-refractivity contribution in [2.75, 3.05) is 51.9 Å². The van der Waals surface area contributed by atoms with Crippen molar-refractivity contribution in [3.8, 4) is 11.5 Å². The Hall–Kier alpha value is -4.71. The smallest absolute Gasteiger partial charge is 0.414 e. The molecule has 1 spiro atoms. The van der Waals surface area contributed by atoms with Gasteiger partial charge in [0.2, 0.25) is 0 Å². The number of hydrogen-bond donors (Lipinski definition) is 2. The highest BCUT2D eigenvalue weighted by Gasteiger charge is 2.76. The molecule has 11 heteroatoms. The average Bonchev–Trinajstić information content (AvgIpc) is 3.51. The first-order chi connectivity index (χ1) is 25.7. The lowest BCUT2D eigenvalue weighted by Gasteiger charge is -2.64. The topological polar surface area (TPSA) is 124 Å². The molecule has 2 heterocycles. The Balaban J connectivity index is 1.03. The zero-order valence-electron chi connectivity index (χ0n) is 32.0. The Morgan fingerprint density at radius 1 is 1.07 bits per heavy atom. The highest BCUT2D eigenvalue weighted by molar-refractivity contribution is 5.94. The lowest BCUT2D eigenvalue weighted by atomic mass is 9.48. The number of rotatable bonds is 12. The predicted octanol–water partition coefficient (Wildman–Crippen LogP) is 5.59. The minimum absolute atomic E-state index is 0.0498. The lowest BCUT2D eigenvalue weighted by Crippen LogP contribution is -2.80. The van der Waals surface area contributed by atoms with Crippen molar-refractivity contribution in [1.82, 2.24) is 5.32 Å². The largest absolute Gasteiger partial charge is 0.493 e. The monoisotopic (exact) mass is 738 g/mol. The van der Waals surface area contributed by atoms with E-state index in [9.17, 15) is 19.5 Å². The predicted molar refractivity (Wildman–Crippen MR) is 205 cm³/mol. The number of Topliss-reactive ketones (excluding diaryl/α,β-unsaturated/α-hetero) is 1. The molecule has 2 amide bonds. The second kappa shape index (κ2) is 14.2. The number of likely N-dealkylation sites (N-methyl/N-ethyl adjacent to an activating group) is 1. The first kappa shape index (κ1) is 37.6. The Labute approximate surface area is 317 Å². The van der Waals surface area contributed by atoms with Crippen LogP contribution < -0.4 is 19.7 Å². The van der Waals surface area contributed by atoms with Crippen LogP contribution in [-0.4, -0.2) is 97.7 Å². The molecule has 1 saturated heterocycles. The second-order valence-electron chi connectivity index (χ2n) is 16.3. The number of quaternary nitrogens is 1. The number of ketones is 1. The zero-order valence-corrected chi connectivity index (χ0v) is 32.0. The Morgan fingerprint density at radius 2 is 1.81 bits per heavy atom. The van der Waals surface area contributed by atoms with Crippen LogP contribution in [0, 0.1) is 0 Å². The van der Waals surface area contributed by atoms with Crippen molar-refractivity contribution in [1.29, 1.82) is 0 Å². The van der Waals surface area contributed by atoms with E-state index in [-0.39, 0.29) is 43.9 Å². The third kappa shape index (κ3) is 6.46. The van der Waals surface area contributed by atoms with Crippen molar-refractivity contribution >= 4 is 29.5 Å². The van der Waals surface area contributed by atoms with Gasteiger partial charge in [-0.25, -0.2) is 4.79 Å². The van der Waals surface area contributed by atoms with E-state index >= 15 is 0 Å². The van der Waals surface area contributed by atoms with E-state index < -0.39 is 28.8 Å². The Morgan fingerprint density at radius 3 is 2.50 bits per heavy atom. The number of nitrogens with one attached hydrogen (secondary N) is 1. The lowest BCUT2D eigenvalue weighted by molar-refractivity contribution is -0.961. The minimum Gasteiger partial charge on any atom is -0.493 e. The van der Waals surface area contributed by atoms with Gasteiger partial charge in [-0.05, 0) is 68.7 Å². The number of aliphatic hydroxyl groups is 1. The molecule has 286 valence electrons. The summed E-state index contributed by atoms with van der Waals surface area (Å²) in [4.78, 5) is 40.9. The Kier molecular flexibility index (Phi) is 9.87. The summed E-state index contributed by atoms with van der Waals surface area (Å²) in [6.07, 6.45) is 2.52. The number of nitrogens with zero attached hydrogens (tertiary/aromatic N) is 2. The van der Waals surface area contributed by atoms with Crippen LogP contribution in [0.4, 0.5) is 10.5 Å². The fourth-order valence-electron chi connectivity index (χ4n) is 9.38. The maximum absolute atomic E-state index is 13.4. The standard InChI is InChI=1S/C43H51N3O8/c1-7-28-8-12-30(13-9-28)39(48)44-21-24-52-25-22-45(40(49)54-41(2,3)4)32-15-10-29(11-16-32)27-46(5)23-20-42-36-31-14-17-34(51-6)37(36)53-38(42)33(47)18-19-43(42,50)35(46)26-31/h7-17,35,38,50H,1,18-27H2,2-6H3/p+1/t35-,38+,42+,43-,46?/m1/s1. The highest BCUT2D eigenvalue weighted by atomic mass is 16.6. The fraction of sp³-hybridized carbons (Fsp3) is 0.465. The molecule has 1 saturated carbocycles. The molecule has 2 aliphatic heterocycles. The summed E-state index contributed by atoms with van der Waals surface area (Å²) in [5.74, 6) is 1.09. The molecule has 2 bridgehead atoms. The molecule has 54 heavy (non-hydrogen) atoms. The number of carbonyl (C=O) groups excluding carboxylic acids is 3. The van der Waals surface area contributed by atoms with Crippen molar-refractivity contribution in [3.05, 3.63) is 95.1 Å². The van der Waals surface area contributed by atoms with Crippen LogP contribution in [0.1, 0.15) is 72.6 Å². The van der Waals surface area contributed by atoms with E-state index in [0.717, 1.165) is 28.8 Å². The number of piperidine rings is 1. The third-order valence-corrected chi connectivity index (χ3v) is 11.9. The van der Waals surface area contributed by atoms with Crippen LogP contribution in [0.15, 0.2) is 67.2 Å². The molecular weight excluding hydrogens is 686 g/mol. The zero-order chi connectivity index (χ0) is 38.5. The van der Waals surface area contributed by atoms with Crippen LogP contribution in [0.25, 0.3) is 6.08 Å². The molecule has 3 aromatic rings. The molecule has 1 unspecified atom stereocenters. The third-order valence-electron chi connectivity index (χ3n) is 11.9. The van der Waals surface area contributed by atoms with Gasteiger partial charge in [-0.3, -0.25) is 14.5 Å². The molecule has 2 N–H and O–H groups in total. The molecular formula is C43H52N3O8+. The van der Waals surface area contributed by atoms with E-state index in [4.69, 9.17) is 18.9 Å². The maximum Gasteiger partial charge on any atom is 0.414 e. The van der Waals surface area contributed by atoms with Crippen molar-refractivity contribution in [2.45, 2.75) is 81.8 Å². The Bertz CT molecular complexity index is 1940. The quantitative estimate of drug-likeness (QED) is 0.182. The summed E-state index contributed by atoms with van der Waals surface area (Å²) in [7, 11) is 3.82. The number of hydrogen-bond acceptors (Lipinski definition) is 8. The normalized spacial score (nSPS) is 26.3. The second-order valence-corrected chi connectivity index (χ2v) is 16.3. The van der Waals surface area contributed by atoms with Crippen molar-refractivity contribution in [2.24, 2.45) is 0 Å². The van der Waals surface area contributed by atoms with Crippen LogP contribution in [0.3, 0.4) is 0 Å². The molecule has 0 aromatic heterocycles. The summed E-state index contributed by atoms with van der Waals surface area (Å²) in [6.45, 7) is 11.8. The van der Waals surface area contributed by atoms with Gasteiger partial charge in [0.15, 0.2) is 23.4 Å². The van der Waals surface area contributed by atoms with Gasteiger partial charge in [0, 0.05) is 48.2 Å². The number of likely N-dealkylation sites (tertiary alicyclic amines) is 1. The van der Waals surface area contributed by atoms with Gasteiger partial charge < -0.3 is 33.9 Å². The van der Waals surface area contributed by atoms with E-state index in [0.29, 0.717) is 59.6 Å². The molecule has 11 nitrogen and oxygen atoms in total. The summed E-state index contributed by atoms with van der Waals surface area (Å²) < 4.78 is 24.3. The number of carbonyl (C=O) groups is 3. The minimum atomic E-state index is -1.11. The number of benzene rings is 3. The summed E-state index contributed by atoms with van der Waals surface area (Å²) in [5, 5.41) is 15.7. The molecule has 2 fully saturated rings. The molecule has 3 aromatic carbocycles. The number of methoxy groups -OCH3 is 1. The number of ether oxygens (including phenoxy) is 4. The molecule has 5 atom stereocenters. The van der Waals surface area contributed by atoms with Gasteiger partial charge >= 0.3 is 6.09 Å². The summed E-state index contributed by atoms with van der Waals surface area (Å²) >= 11 is 0. The number of amides is 2. The maximum atomic E-state index is 13.4. The molecule has 7 rings (SSSR count). The average molecular weight is 739 g/mol. The van der Waals surface area contributed by atoms with Crippen LogP contribution >= 0.6 is 0 Å². The van der Waals surface area contributed by atoms with Crippen LogP contribution in [-0.2, 0) is 32.6 Å². The number of anilines is 1. The van der Waals surface area contributed by atoms with Gasteiger partial charge in [0.05, 0.1) is 45.9 Å². The van der Waals surface area contributed by atoms with Gasteiger partial charge in [-0.1, -0.05) is 43.0 Å². The fourth-order valence-corrected chi connectivity index (χ4v) is 9.38. The molecule has 0 radical (unpaired) electrons. The first-order valence-corrected chi connectivity index (χ1v) is 18.9. The highest BCUT2D eigenvalue weighted by Crippen LogP contribution is 2.66. The van der Waals surface area contributed by atoms with Gasteiger partial charge in [-0.2, -0.15) is 0 Å². The van der Waals surface area contributed by atoms with E-state index in [1.165, 1.54) is 0 Å². The SMILES string of the molecule is C=Cc1ccc(C(=O)NCCOCCN(C(=O)OC(C)(C)C)c2ccc(C[N+]3(C)CC[C@]45c6c7ccc(OC)c6O[C@H]4C(=O)CC[C@@]5(O)[C@H]3C7)cc2)cc1. The van der Waals surface area contributed by atoms with Crippen molar-refractivity contribution < 1.29 is 42.9 Å². The van der Waals surface area contributed by atoms with Crippen LogP contribution in [0.5, 0.6) is 11.5 Å². The van der Waals surface area contributed by atoms with Gasteiger partial charge in [-0.15, -0.1) is 0 Å². The van der Waals surface area contributed by atoms with E-state index in [2.05, 4.69) is 25.0 Å². The molecule has 2 aliphatic carbocycles.